The molecule has 0 aliphatic rings. The maximum absolute atomic E-state index is 12.9. The van der Waals surface area contributed by atoms with Gasteiger partial charge >= 0.3 is 0 Å². The van der Waals surface area contributed by atoms with Crippen LogP contribution in [0.15, 0.2) is 18.2 Å². The van der Waals surface area contributed by atoms with Gasteiger partial charge in [0.15, 0.2) is 11.6 Å². The second-order valence-corrected chi connectivity index (χ2v) is 3.03. The summed E-state index contributed by atoms with van der Waals surface area (Å²) in [6.07, 6.45) is 0. The predicted octanol–water partition coefficient (Wildman–Crippen LogP) is 3.45. The van der Waals surface area contributed by atoms with E-state index in [0.29, 0.717) is 12.1 Å². The highest BCUT2D eigenvalue weighted by Crippen LogP contribution is 2.30. The minimum atomic E-state index is -3.17. The molecule has 0 aliphatic heterocycles. The Balaban J connectivity index is 3.10. The number of hydrogen-bond acceptors (Lipinski definition) is 0. The zero-order valence-electron chi connectivity index (χ0n) is 6.33. The Morgan fingerprint density at radius 3 is 2.23 bits per heavy atom. The van der Waals surface area contributed by atoms with Crippen molar-refractivity contribution < 1.29 is 17.6 Å². The molecule has 0 bridgehead atoms. The highest BCUT2D eigenvalue weighted by atomic mass is 79.9. The summed E-state index contributed by atoms with van der Waals surface area (Å²) in [5, 5.41) is -0.620. The Labute approximate surface area is 80.7 Å². The molecule has 0 heterocycles. The molecule has 0 amide bonds. The van der Waals surface area contributed by atoms with Crippen LogP contribution in [0.25, 0.3) is 0 Å². The van der Waals surface area contributed by atoms with Gasteiger partial charge in [-0.15, -0.1) is 0 Å². The molecule has 0 atom stereocenters. The monoisotopic (exact) mass is 256 g/mol. The molecule has 0 aromatic heterocycles. The molecule has 0 radical (unpaired) electrons. The van der Waals surface area contributed by atoms with Crippen molar-refractivity contribution in [3.63, 3.8) is 0 Å². The Bertz CT molecular complexity index is 311. The Morgan fingerprint density at radius 1 is 1.15 bits per heavy atom. The number of alkyl halides is 3. The smallest absolute Gasteiger partial charge is 0.204 e. The first-order valence-electron chi connectivity index (χ1n) is 3.36. The highest BCUT2D eigenvalue weighted by Gasteiger charge is 2.30. The minimum Gasteiger partial charge on any atom is -0.204 e. The van der Waals surface area contributed by atoms with Gasteiger partial charge in [-0.05, 0) is 18.2 Å². The molecule has 72 valence electrons. The lowest BCUT2D eigenvalue weighted by Crippen LogP contribution is -2.15. The summed E-state index contributed by atoms with van der Waals surface area (Å²) < 4.78 is 50.6. The topological polar surface area (TPSA) is 0 Å². The van der Waals surface area contributed by atoms with Crippen LogP contribution >= 0.6 is 15.9 Å². The molecule has 0 spiro atoms. The number of benzene rings is 1. The molecule has 1 rings (SSSR count). The van der Waals surface area contributed by atoms with Gasteiger partial charge in [0, 0.05) is 5.56 Å². The van der Waals surface area contributed by atoms with Gasteiger partial charge in [0.1, 0.15) is 0 Å². The van der Waals surface area contributed by atoms with E-state index in [1.807, 2.05) is 0 Å². The summed E-state index contributed by atoms with van der Waals surface area (Å²) in [6.45, 7) is 0. The average molecular weight is 257 g/mol. The van der Waals surface area contributed by atoms with E-state index in [2.05, 4.69) is 15.9 Å². The van der Waals surface area contributed by atoms with Crippen molar-refractivity contribution in [2.45, 2.75) is 5.92 Å². The Kier molecular flexibility index (Phi) is 2.95. The molecular formula is C8H5BrF4. The number of rotatable bonds is 2. The quantitative estimate of drug-likeness (QED) is 0.562. The van der Waals surface area contributed by atoms with Crippen molar-refractivity contribution in [1.82, 2.24) is 0 Å². The first-order chi connectivity index (χ1) is 5.97. The van der Waals surface area contributed by atoms with Gasteiger partial charge in [0.25, 0.3) is 5.92 Å². The summed E-state index contributed by atoms with van der Waals surface area (Å²) >= 11 is 2.58. The summed E-state index contributed by atoms with van der Waals surface area (Å²) in [6, 6.07) is 2.04. The van der Waals surface area contributed by atoms with Crippen LogP contribution in [0.5, 0.6) is 0 Å². The van der Waals surface area contributed by atoms with Crippen LogP contribution in [0.2, 0.25) is 0 Å². The molecule has 0 saturated carbocycles. The van der Waals surface area contributed by atoms with E-state index in [1.165, 1.54) is 0 Å². The molecule has 1 aromatic carbocycles. The summed E-state index contributed by atoms with van der Waals surface area (Å²) in [7, 11) is 0. The number of hydrogen-bond donors (Lipinski definition) is 0. The van der Waals surface area contributed by atoms with Crippen molar-refractivity contribution in [1.29, 1.82) is 0 Å². The lowest BCUT2D eigenvalue weighted by atomic mass is 10.1. The Morgan fingerprint density at radius 2 is 1.77 bits per heavy atom. The summed E-state index contributed by atoms with van der Waals surface area (Å²) in [5.74, 6) is -5.57. The first-order valence-corrected chi connectivity index (χ1v) is 4.49. The molecule has 0 N–H and O–H groups in total. The van der Waals surface area contributed by atoms with Crippen molar-refractivity contribution in [2.24, 2.45) is 0 Å². The van der Waals surface area contributed by atoms with Gasteiger partial charge in [-0.25, -0.2) is 17.6 Å². The Hall–Kier alpha value is -0.580. The van der Waals surface area contributed by atoms with Crippen molar-refractivity contribution >= 4 is 15.9 Å². The van der Waals surface area contributed by atoms with E-state index in [4.69, 9.17) is 0 Å². The SMILES string of the molecule is Fc1ccc(C(F)(F)CBr)cc1F. The second-order valence-electron chi connectivity index (χ2n) is 2.47. The maximum atomic E-state index is 12.9. The fourth-order valence-electron chi connectivity index (χ4n) is 0.801. The van der Waals surface area contributed by atoms with Crippen LogP contribution in [-0.2, 0) is 5.92 Å². The van der Waals surface area contributed by atoms with Gasteiger partial charge < -0.3 is 0 Å². The molecule has 0 nitrogen and oxygen atoms in total. The molecule has 0 aliphatic carbocycles. The van der Waals surface area contributed by atoms with E-state index in [-0.39, 0.29) is 0 Å². The molecule has 13 heavy (non-hydrogen) atoms. The summed E-state index contributed by atoms with van der Waals surface area (Å²) in [5.41, 5.74) is -0.539. The maximum Gasteiger partial charge on any atom is 0.282 e. The van der Waals surface area contributed by atoms with Gasteiger partial charge in [0.05, 0.1) is 5.33 Å². The third-order valence-electron chi connectivity index (χ3n) is 1.51. The zero-order valence-corrected chi connectivity index (χ0v) is 7.91. The van der Waals surface area contributed by atoms with Crippen LogP contribution in [-0.4, -0.2) is 5.33 Å². The van der Waals surface area contributed by atoms with Gasteiger partial charge in [-0.1, -0.05) is 15.9 Å². The van der Waals surface area contributed by atoms with E-state index in [9.17, 15) is 17.6 Å². The highest BCUT2D eigenvalue weighted by molar-refractivity contribution is 9.09. The van der Waals surface area contributed by atoms with Crippen molar-refractivity contribution in [3.8, 4) is 0 Å². The lowest BCUT2D eigenvalue weighted by molar-refractivity contribution is 0.0241. The molecule has 0 unspecified atom stereocenters. The third kappa shape index (κ3) is 2.21. The van der Waals surface area contributed by atoms with Gasteiger partial charge in [-0.3, -0.25) is 0 Å². The minimum absolute atomic E-state index is 0.497. The van der Waals surface area contributed by atoms with Crippen molar-refractivity contribution in [2.75, 3.05) is 5.33 Å². The third-order valence-corrected chi connectivity index (χ3v) is 2.21. The number of halogens is 5. The van der Waals surface area contributed by atoms with Crippen LogP contribution in [0.3, 0.4) is 0 Å². The van der Waals surface area contributed by atoms with Gasteiger partial charge in [-0.2, -0.15) is 0 Å². The van der Waals surface area contributed by atoms with Crippen molar-refractivity contribution in [3.05, 3.63) is 35.4 Å². The van der Waals surface area contributed by atoms with Crippen LogP contribution < -0.4 is 0 Å². The molecule has 0 fully saturated rings. The van der Waals surface area contributed by atoms with Crippen LogP contribution in [0.1, 0.15) is 5.56 Å². The molecule has 1 aromatic rings. The predicted molar refractivity (Wildman–Crippen MR) is 44.0 cm³/mol. The zero-order chi connectivity index (χ0) is 10.1. The van der Waals surface area contributed by atoms with Crippen LogP contribution in [0, 0.1) is 11.6 Å². The van der Waals surface area contributed by atoms with Crippen LogP contribution in [0.4, 0.5) is 17.6 Å². The molecule has 0 saturated heterocycles. The van der Waals surface area contributed by atoms with E-state index in [0.717, 1.165) is 6.07 Å². The first kappa shape index (κ1) is 10.5. The van der Waals surface area contributed by atoms with E-state index >= 15 is 0 Å². The average Bonchev–Trinajstić information content (AvgIpc) is 2.09. The molecular weight excluding hydrogens is 252 g/mol. The van der Waals surface area contributed by atoms with Gasteiger partial charge in [0.2, 0.25) is 0 Å². The standard InChI is InChI=1S/C8H5BrF4/c9-4-8(12,13)5-1-2-6(10)7(11)3-5/h1-3H,4H2. The lowest BCUT2D eigenvalue weighted by Gasteiger charge is -2.12. The van der Waals surface area contributed by atoms with E-state index in [1.54, 1.807) is 0 Å². The fourth-order valence-corrected chi connectivity index (χ4v) is 1.12. The normalized spacial score (nSPS) is 11.8. The molecule has 5 heteroatoms. The fraction of sp³-hybridized carbons (Fsp3) is 0.250. The second kappa shape index (κ2) is 3.65. The van der Waals surface area contributed by atoms with E-state index < -0.39 is 28.5 Å². The summed E-state index contributed by atoms with van der Waals surface area (Å²) in [4.78, 5) is 0. The largest absolute Gasteiger partial charge is 0.282 e.